The van der Waals surface area contributed by atoms with Crippen molar-refractivity contribution in [3.05, 3.63) is 88.0 Å². The molecule has 1 N–H and O–H groups in total. The van der Waals surface area contributed by atoms with E-state index < -0.39 is 0 Å². The first-order valence-electron chi connectivity index (χ1n) is 7.92. The number of halogens is 2. The van der Waals surface area contributed by atoms with E-state index in [0.717, 1.165) is 10.0 Å². The lowest BCUT2D eigenvalue weighted by molar-refractivity contribution is 0.102. The summed E-state index contributed by atoms with van der Waals surface area (Å²) in [5.74, 6) is 0.373. The van der Waals surface area contributed by atoms with Crippen LogP contribution in [0.4, 0.5) is 5.82 Å². The Balaban J connectivity index is 1.83. The number of hydrogen-bond acceptors (Lipinski definition) is 2. The van der Waals surface area contributed by atoms with E-state index in [0.29, 0.717) is 27.7 Å². The van der Waals surface area contributed by atoms with Gasteiger partial charge in [0.1, 0.15) is 17.2 Å². The van der Waals surface area contributed by atoms with Gasteiger partial charge in [-0.2, -0.15) is 0 Å². The Morgan fingerprint density at radius 2 is 1.73 bits per heavy atom. The lowest BCUT2D eigenvalue weighted by atomic mass is 10.1. The van der Waals surface area contributed by atoms with Gasteiger partial charge in [-0.1, -0.05) is 57.9 Å². The van der Waals surface area contributed by atoms with Crippen LogP contribution >= 0.6 is 27.5 Å². The van der Waals surface area contributed by atoms with Gasteiger partial charge in [-0.25, -0.2) is 4.98 Å². The number of pyridine rings is 1. The highest BCUT2D eigenvalue weighted by Crippen LogP contribution is 2.30. The minimum Gasteiger partial charge on any atom is -0.306 e. The van der Waals surface area contributed by atoms with Crippen molar-refractivity contribution in [2.45, 2.75) is 0 Å². The molecular weight excluding hydrogens is 414 g/mol. The highest BCUT2D eigenvalue weighted by molar-refractivity contribution is 9.10. The fourth-order valence-electron chi connectivity index (χ4n) is 2.72. The molecule has 0 saturated carbocycles. The summed E-state index contributed by atoms with van der Waals surface area (Å²) in [5, 5.41) is 3.55. The van der Waals surface area contributed by atoms with Crippen molar-refractivity contribution >= 4 is 44.9 Å². The molecule has 0 bridgehead atoms. The Morgan fingerprint density at radius 1 is 1.00 bits per heavy atom. The largest absolute Gasteiger partial charge is 0.306 e. The molecule has 0 aliphatic heterocycles. The third-order valence-electron chi connectivity index (χ3n) is 3.97. The Bertz CT molecular complexity index is 1090. The van der Waals surface area contributed by atoms with Gasteiger partial charge in [0.05, 0.1) is 5.02 Å². The molecule has 26 heavy (non-hydrogen) atoms. The number of carbonyl (C=O) groups excluding carboxylic acids is 1. The molecule has 0 atom stereocenters. The number of fused-ring (bicyclic) bond motifs is 1. The molecule has 2 aromatic carbocycles. The van der Waals surface area contributed by atoms with E-state index in [4.69, 9.17) is 11.6 Å². The van der Waals surface area contributed by atoms with Gasteiger partial charge < -0.3 is 5.32 Å². The summed E-state index contributed by atoms with van der Waals surface area (Å²) in [7, 11) is 0. The number of benzene rings is 2. The molecule has 1 amide bonds. The Hall–Kier alpha value is -2.63. The summed E-state index contributed by atoms with van der Waals surface area (Å²) < 4.78 is 2.71. The van der Waals surface area contributed by atoms with E-state index in [1.807, 2.05) is 48.5 Å². The summed E-state index contributed by atoms with van der Waals surface area (Å²) in [6, 6.07) is 20.5. The molecular formula is C20H13BrClN3O. The molecule has 4 rings (SSSR count). The predicted octanol–water partition coefficient (Wildman–Crippen LogP) is 5.67. The van der Waals surface area contributed by atoms with Crippen molar-refractivity contribution in [2.24, 2.45) is 0 Å². The van der Waals surface area contributed by atoms with Crippen LogP contribution in [0.3, 0.4) is 0 Å². The molecule has 0 spiro atoms. The number of nitrogens with zero attached hydrogens (tertiary/aromatic N) is 2. The van der Waals surface area contributed by atoms with E-state index in [1.54, 1.807) is 28.8 Å². The van der Waals surface area contributed by atoms with Crippen molar-refractivity contribution in [2.75, 3.05) is 5.32 Å². The van der Waals surface area contributed by atoms with Crippen LogP contribution in [0, 0.1) is 0 Å². The van der Waals surface area contributed by atoms with Crippen LogP contribution in [-0.2, 0) is 0 Å². The van der Waals surface area contributed by atoms with Crippen LogP contribution in [0.25, 0.3) is 16.9 Å². The highest BCUT2D eigenvalue weighted by Gasteiger charge is 2.17. The maximum absolute atomic E-state index is 12.7. The van der Waals surface area contributed by atoms with Gasteiger partial charge >= 0.3 is 0 Å². The van der Waals surface area contributed by atoms with Crippen molar-refractivity contribution in [3.63, 3.8) is 0 Å². The van der Waals surface area contributed by atoms with Crippen LogP contribution in [0.15, 0.2) is 77.4 Å². The van der Waals surface area contributed by atoms with Gasteiger partial charge in [0.15, 0.2) is 0 Å². The van der Waals surface area contributed by atoms with Crippen LogP contribution in [0.1, 0.15) is 10.4 Å². The molecule has 0 aliphatic carbocycles. The standard InChI is InChI=1S/C20H13BrClN3O/c21-15-8-6-14(7-9-15)20(26)24-19-18(13-4-2-1-3-5-13)23-17-11-10-16(22)12-25(17)19/h1-12H,(H,24,26). The molecule has 0 fully saturated rings. The van der Waals surface area contributed by atoms with Crippen molar-refractivity contribution in [1.82, 2.24) is 9.38 Å². The lowest BCUT2D eigenvalue weighted by Gasteiger charge is -2.08. The minimum atomic E-state index is -0.212. The van der Waals surface area contributed by atoms with Gasteiger partial charge in [0.2, 0.25) is 0 Å². The molecule has 0 radical (unpaired) electrons. The maximum Gasteiger partial charge on any atom is 0.256 e. The topological polar surface area (TPSA) is 46.4 Å². The zero-order chi connectivity index (χ0) is 18.1. The zero-order valence-corrected chi connectivity index (χ0v) is 15.8. The van der Waals surface area contributed by atoms with E-state index in [2.05, 4.69) is 26.2 Å². The van der Waals surface area contributed by atoms with Gasteiger partial charge in [0, 0.05) is 21.8 Å². The average Bonchev–Trinajstić information content (AvgIpc) is 3.01. The van der Waals surface area contributed by atoms with Crippen LogP contribution in [-0.4, -0.2) is 15.3 Å². The number of amides is 1. The second-order valence-electron chi connectivity index (χ2n) is 5.71. The Labute approximate surface area is 163 Å². The SMILES string of the molecule is O=C(Nc1c(-c2ccccc2)nc2ccc(Cl)cn12)c1ccc(Br)cc1. The molecule has 2 aromatic heterocycles. The van der Waals surface area contributed by atoms with Gasteiger partial charge in [0.25, 0.3) is 5.91 Å². The Kier molecular flexibility index (Phi) is 4.49. The maximum atomic E-state index is 12.7. The summed E-state index contributed by atoms with van der Waals surface area (Å²) in [5.41, 5.74) is 2.88. The molecule has 0 aliphatic rings. The monoisotopic (exact) mass is 425 g/mol. The van der Waals surface area contributed by atoms with Crippen molar-refractivity contribution in [1.29, 1.82) is 0 Å². The number of imidazole rings is 1. The molecule has 2 heterocycles. The van der Waals surface area contributed by atoms with Gasteiger partial charge in [-0.05, 0) is 36.4 Å². The zero-order valence-electron chi connectivity index (χ0n) is 13.5. The smallest absolute Gasteiger partial charge is 0.256 e. The fourth-order valence-corrected chi connectivity index (χ4v) is 3.14. The second-order valence-corrected chi connectivity index (χ2v) is 7.06. The molecule has 0 saturated heterocycles. The molecule has 128 valence electrons. The molecule has 4 nitrogen and oxygen atoms in total. The number of rotatable bonds is 3. The number of nitrogens with one attached hydrogen (secondary N) is 1. The Morgan fingerprint density at radius 3 is 2.46 bits per heavy atom. The predicted molar refractivity (Wildman–Crippen MR) is 108 cm³/mol. The summed E-state index contributed by atoms with van der Waals surface area (Å²) >= 11 is 9.53. The molecule has 0 unspecified atom stereocenters. The first-order valence-corrected chi connectivity index (χ1v) is 9.09. The minimum absolute atomic E-state index is 0.212. The normalized spacial score (nSPS) is 10.8. The fraction of sp³-hybridized carbons (Fsp3) is 0. The van der Waals surface area contributed by atoms with Gasteiger partial charge in [-0.15, -0.1) is 0 Å². The summed E-state index contributed by atoms with van der Waals surface area (Å²) in [4.78, 5) is 17.4. The average molecular weight is 427 g/mol. The summed E-state index contributed by atoms with van der Waals surface area (Å²) in [6.07, 6.45) is 1.74. The third kappa shape index (κ3) is 3.23. The first kappa shape index (κ1) is 16.8. The van der Waals surface area contributed by atoms with Crippen LogP contribution in [0.5, 0.6) is 0 Å². The number of carbonyl (C=O) groups is 1. The van der Waals surface area contributed by atoms with E-state index in [1.165, 1.54) is 0 Å². The van der Waals surface area contributed by atoms with E-state index >= 15 is 0 Å². The van der Waals surface area contributed by atoms with Crippen LogP contribution in [0.2, 0.25) is 5.02 Å². The van der Waals surface area contributed by atoms with E-state index in [9.17, 15) is 4.79 Å². The van der Waals surface area contributed by atoms with Crippen molar-refractivity contribution < 1.29 is 4.79 Å². The number of hydrogen-bond donors (Lipinski definition) is 1. The summed E-state index contributed by atoms with van der Waals surface area (Å²) in [6.45, 7) is 0. The van der Waals surface area contributed by atoms with Crippen LogP contribution < -0.4 is 5.32 Å². The third-order valence-corrected chi connectivity index (χ3v) is 4.72. The van der Waals surface area contributed by atoms with Gasteiger partial charge in [-0.3, -0.25) is 9.20 Å². The second kappa shape index (κ2) is 6.94. The van der Waals surface area contributed by atoms with E-state index in [-0.39, 0.29) is 5.91 Å². The molecule has 6 heteroatoms. The number of anilines is 1. The number of aromatic nitrogens is 2. The lowest BCUT2D eigenvalue weighted by Crippen LogP contribution is -2.14. The first-order chi connectivity index (χ1) is 12.6. The quantitative estimate of drug-likeness (QED) is 0.459. The molecule has 4 aromatic rings. The van der Waals surface area contributed by atoms with Crippen molar-refractivity contribution in [3.8, 4) is 11.3 Å². The highest BCUT2D eigenvalue weighted by atomic mass is 79.9.